The van der Waals surface area contributed by atoms with Gasteiger partial charge in [-0.25, -0.2) is 0 Å². The SMILES string of the molecule is CC1C(=O)N(CC(O)C2CCCCC2)C(=O)C1C. The third kappa shape index (κ3) is 2.44. The molecule has 3 unspecified atom stereocenters. The molecule has 18 heavy (non-hydrogen) atoms. The standard InChI is InChI=1S/C14H23NO3/c1-9-10(2)14(18)15(13(9)17)8-12(16)11-6-4-3-5-7-11/h9-12,16H,3-8H2,1-2H3. The summed E-state index contributed by atoms with van der Waals surface area (Å²) < 4.78 is 0. The van der Waals surface area contributed by atoms with Crippen LogP contribution in [-0.4, -0.2) is 34.5 Å². The van der Waals surface area contributed by atoms with Crippen LogP contribution < -0.4 is 0 Å². The summed E-state index contributed by atoms with van der Waals surface area (Å²) in [5.41, 5.74) is 0. The Labute approximate surface area is 108 Å². The number of β-amino-alcohol motifs (C(OH)–C–C–N with tert-alkyl or cyclic N) is 1. The highest BCUT2D eigenvalue weighted by molar-refractivity contribution is 6.04. The molecule has 0 bridgehead atoms. The first-order chi connectivity index (χ1) is 8.52. The maximum atomic E-state index is 11.9. The normalized spacial score (nSPS) is 32.1. The van der Waals surface area contributed by atoms with Gasteiger partial charge in [0.2, 0.25) is 11.8 Å². The first kappa shape index (κ1) is 13.5. The molecule has 0 aromatic rings. The van der Waals surface area contributed by atoms with E-state index in [1.807, 2.05) is 0 Å². The number of imide groups is 1. The number of carbonyl (C=O) groups excluding carboxylic acids is 2. The number of nitrogens with zero attached hydrogens (tertiary/aromatic N) is 1. The van der Waals surface area contributed by atoms with Crippen LogP contribution in [0.2, 0.25) is 0 Å². The molecule has 102 valence electrons. The maximum absolute atomic E-state index is 11.9. The van der Waals surface area contributed by atoms with E-state index in [0.29, 0.717) is 0 Å². The summed E-state index contributed by atoms with van der Waals surface area (Å²) in [5.74, 6) is -0.470. The Hall–Kier alpha value is -0.900. The molecule has 1 aliphatic heterocycles. The minimum atomic E-state index is -0.546. The van der Waals surface area contributed by atoms with Crippen molar-refractivity contribution >= 4 is 11.8 Å². The average molecular weight is 253 g/mol. The Balaban J connectivity index is 1.96. The summed E-state index contributed by atoms with van der Waals surface area (Å²) in [6, 6.07) is 0. The quantitative estimate of drug-likeness (QED) is 0.777. The number of amides is 2. The number of aliphatic hydroxyl groups is 1. The minimum Gasteiger partial charge on any atom is -0.391 e. The Morgan fingerprint density at radius 3 is 2.11 bits per heavy atom. The summed E-state index contributed by atoms with van der Waals surface area (Å²) in [6.07, 6.45) is 5.02. The Kier molecular flexibility index (Phi) is 4.05. The van der Waals surface area contributed by atoms with E-state index in [9.17, 15) is 14.7 Å². The number of carbonyl (C=O) groups is 2. The zero-order chi connectivity index (χ0) is 13.3. The number of hydrogen-bond donors (Lipinski definition) is 1. The molecular formula is C14H23NO3. The third-order valence-electron chi connectivity index (χ3n) is 4.62. The van der Waals surface area contributed by atoms with E-state index in [2.05, 4.69) is 0 Å². The Morgan fingerprint density at radius 2 is 1.61 bits per heavy atom. The van der Waals surface area contributed by atoms with Crippen LogP contribution in [0.3, 0.4) is 0 Å². The van der Waals surface area contributed by atoms with E-state index in [4.69, 9.17) is 0 Å². The predicted molar refractivity (Wildman–Crippen MR) is 67.6 cm³/mol. The first-order valence-corrected chi connectivity index (χ1v) is 7.05. The van der Waals surface area contributed by atoms with E-state index in [1.165, 1.54) is 11.3 Å². The minimum absolute atomic E-state index is 0.123. The average Bonchev–Trinajstić information content (AvgIpc) is 2.57. The van der Waals surface area contributed by atoms with Crippen molar-refractivity contribution in [1.29, 1.82) is 0 Å². The van der Waals surface area contributed by atoms with Crippen LogP contribution in [-0.2, 0) is 9.59 Å². The summed E-state index contributed by atoms with van der Waals surface area (Å²) >= 11 is 0. The topological polar surface area (TPSA) is 57.6 Å². The molecule has 1 aliphatic carbocycles. The molecule has 1 N–H and O–H groups in total. The molecule has 4 nitrogen and oxygen atoms in total. The second kappa shape index (κ2) is 5.39. The maximum Gasteiger partial charge on any atom is 0.232 e. The van der Waals surface area contributed by atoms with Gasteiger partial charge in [0.05, 0.1) is 12.6 Å². The lowest BCUT2D eigenvalue weighted by Crippen LogP contribution is -2.41. The fourth-order valence-corrected chi connectivity index (χ4v) is 3.06. The van der Waals surface area contributed by atoms with Crippen LogP contribution in [0.25, 0.3) is 0 Å². The van der Waals surface area contributed by atoms with Crippen molar-refractivity contribution < 1.29 is 14.7 Å². The van der Waals surface area contributed by atoms with Gasteiger partial charge in [0.15, 0.2) is 0 Å². The van der Waals surface area contributed by atoms with Gasteiger partial charge in [-0.1, -0.05) is 33.1 Å². The highest BCUT2D eigenvalue weighted by Crippen LogP contribution is 2.30. The molecule has 1 saturated carbocycles. The molecule has 0 radical (unpaired) electrons. The lowest BCUT2D eigenvalue weighted by Gasteiger charge is -2.29. The molecule has 0 spiro atoms. The lowest BCUT2D eigenvalue weighted by molar-refractivity contribution is -0.142. The van der Waals surface area contributed by atoms with Crippen LogP contribution >= 0.6 is 0 Å². The fourth-order valence-electron chi connectivity index (χ4n) is 3.06. The van der Waals surface area contributed by atoms with Crippen molar-refractivity contribution in [3.63, 3.8) is 0 Å². The highest BCUT2D eigenvalue weighted by atomic mass is 16.3. The van der Waals surface area contributed by atoms with Gasteiger partial charge in [0.1, 0.15) is 0 Å². The van der Waals surface area contributed by atoms with Crippen LogP contribution in [0.4, 0.5) is 0 Å². The van der Waals surface area contributed by atoms with Gasteiger partial charge in [-0.3, -0.25) is 14.5 Å². The summed E-state index contributed by atoms with van der Waals surface area (Å²) in [7, 11) is 0. The molecule has 2 amide bonds. The molecule has 1 heterocycles. The summed E-state index contributed by atoms with van der Waals surface area (Å²) in [5, 5.41) is 10.2. The monoisotopic (exact) mass is 253 g/mol. The lowest BCUT2D eigenvalue weighted by atomic mass is 9.85. The molecular weight excluding hydrogens is 230 g/mol. The molecule has 1 saturated heterocycles. The van der Waals surface area contributed by atoms with Crippen LogP contribution in [0, 0.1) is 17.8 Å². The van der Waals surface area contributed by atoms with Crippen molar-refractivity contribution in [2.75, 3.05) is 6.54 Å². The molecule has 2 aliphatic rings. The number of hydrogen-bond acceptors (Lipinski definition) is 3. The number of aliphatic hydroxyl groups excluding tert-OH is 1. The van der Waals surface area contributed by atoms with Gasteiger partial charge in [-0.15, -0.1) is 0 Å². The van der Waals surface area contributed by atoms with Gasteiger partial charge in [0.25, 0.3) is 0 Å². The zero-order valence-electron chi connectivity index (χ0n) is 11.3. The van der Waals surface area contributed by atoms with Gasteiger partial charge in [-0.2, -0.15) is 0 Å². The van der Waals surface area contributed by atoms with Crippen LogP contribution in [0.15, 0.2) is 0 Å². The van der Waals surface area contributed by atoms with E-state index in [0.717, 1.165) is 25.7 Å². The molecule has 3 atom stereocenters. The van der Waals surface area contributed by atoms with Crippen LogP contribution in [0.5, 0.6) is 0 Å². The van der Waals surface area contributed by atoms with Crippen molar-refractivity contribution in [3.8, 4) is 0 Å². The van der Waals surface area contributed by atoms with Crippen molar-refractivity contribution in [2.24, 2.45) is 17.8 Å². The molecule has 2 fully saturated rings. The second-order valence-electron chi connectivity index (χ2n) is 5.83. The fraction of sp³-hybridized carbons (Fsp3) is 0.857. The summed E-state index contributed by atoms with van der Waals surface area (Å²) in [6.45, 7) is 3.77. The highest BCUT2D eigenvalue weighted by Gasteiger charge is 2.43. The van der Waals surface area contributed by atoms with Crippen molar-refractivity contribution in [3.05, 3.63) is 0 Å². The smallest absolute Gasteiger partial charge is 0.232 e. The van der Waals surface area contributed by atoms with Gasteiger partial charge < -0.3 is 5.11 Å². The molecule has 2 rings (SSSR count). The van der Waals surface area contributed by atoms with E-state index in [1.54, 1.807) is 13.8 Å². The van der Waals surface area contributed by atoms with E-state index < -0.39 is 6.10 Å². The largest absolute Gasteiger partial charge is 0.391 e. The molecule has 0 aromatic carbocycles. The van der Waals surface area contributed by atoms with Crippen molar-refractivity contribution in [1.82, 2.24) is 4.90 Å². The molecule has 4 heteroatoms. The van der Waals surface area contributed by atoms with Gasteiger partial charge >= 0.3 is 0 Å². The Bertz CT molecular complexity index is 316. The van der Waals surface area contributed by atoms with Gasteiger partial charge in [-0.05, 0) is 18.8 Å². The second-order valence-corrected chi connectivity index (χ2v) is 5.83. The Morgan fingerprint density at radius 1 is 1.11 bits per heavy atom. The summed E-state index contributed by atoms with van der Waals surface area (Å²) in [4.78, 5) is 25.1. The van der Waals surface area contributed by atoms with Crippen molar-refractivity contribution in [2.45, 2.75) is 52.1 Å². The predicted octanol–water partition coefficient (Wildman–Crippen LogP) is 1.57. The molecule has 0 aromatic heterocycles. The third-order valence-corrected chi connectivity index (χ3v) is 4.62. The first-order valence-electron chi connectivity index (χ1n) is 7.05. The van der Waals surface area contributed by atoms with E-state index >= 15 is 0 Å². The van der Waals surface area contributed by atoms with Gasteiger partial charge in [0, 0.05) is 11.8 Å². The number of likely N-dealkylation sites (tertiary alicyclic amines) is 1. The van der Waals surface area contributed by atoms with E-state index in [-0.39, 0.29) is 36.1 Å². The van der Waals surface area contributed by atoms with Crippen LogP contribution in [0.1, 0.15) is 46.0 Å². The number of rotatable bonds is 3. The zero-order valence-corrected chi connectivity index (χ0v) is 11.3.